The number of carbonyl (C=O) groups is 1. The number of fused-ring (bicyclic) bond motifs is 4. The average molecular weight is 389 g/mol. The summed E-state index contributed by atoms with van der Waals surface area (Å²) in [6.07, 6.45) is 7.18. The van der Waals surface area contributed by atoms with Gasteiger partial charge in [0.15, 0.2) is 11.6 Å². The van der Waals surface area contributed by atoms with Gasteiger partial charge < -0.3 is 10.0 Å². The van der Waals surface area contributed by atoms with Gasteiger partial charge in [-0.05, 0) is 30.7 Å². The van der Waals surface area contributed by atoms with Crippen molar-refractivity contribution in [2.75, 3.05) is 28.2 Å². The summed E-state index contributed by atoms with van der Waals surface area (Å²) in [7, 11) is 0. The Morgan fingerprint density at radius 2 is 2.10 bits per heavy atom. The standard InChI is InChI=1S/C20H19N7O2/c28-12-14-2-1-13(9-23-14)16-3-4-17-19(24-16)27(15-5-8-26(17)11-15)20(29)25-18-10-21-6-7-22-18/h1-4,6-7,9-10,15,28H,5,8,11-12H2,(H,22,25,29)/t15-/m0/s1. The van der Waals surface area contributed by atoms with Crippen LogP contribution >= 0.6 is 0 Å². The quantitative estimate of drug-likeness (QED) is 0.706. The number of nitrogens with one attached hydrogen (secondary N) is 1. The summed E-state index contributed by atoms with van der Waals surface area (Å²) in [5, 5.41) is 12.0. The molecule has 5 heterocycles. The Hall–Kier alpha value is -3.59. The van der Waals surface area contributed by atoms with Crippen molar-refractivity contribution in [3.05, 3.63) is 54.7 Å². The van der Waals surface area contributed by atoms with E-state index in [9.17, 15) is 9.90 Å². The molecule has 1 fully saturated rings. The number of hydrogen-bond acceptors (Lipinski definition) is 7. The lowest BCUT2D eigenvalue weighted by atomic mass is 10.1. The van der Waals surface area contributed by atoms with E-state index in [0.717, 1.165) is 36.5 Å². The highest BCUT2D eigenvalue weighted by Gasteiger charge is 2.40. The van der Waals surface area contributed by atoms with Crippen molar-refractivity contribution < 1.29 is 9.90 Å². The van der Waals surface area contributed by atoms with Crippen LogP contribution in [0.15, 0.2) is 49.1 Å². The molecule has 0 radical (unpaired) electrons. The molecule has 29 heavy (non-hydrogen) atoms. The minimum Gasteiger partial charge on any atom is -0.390 e. The number of urea groups is 1. The summed E-state index contributed by atoms with van der Waals surface area (Å²) in [6.45, 7) is 1.57. The molecule has 3 aromatic rings. The summed E-state index contributed by atoms with van der Waals surface area (Å²) < 4.78 is 0. The van der Waals surface area contributed by atoms with Gasteiger partial charge >= 0.3 is 6.03 Å². The molecule has 2 aliphatic rings. The lowest BCUT2D eigenvalue weighted by Crippen LogP contribution is -2.48. The molecule has 5 rings (SSSR count). The molecule has 0 saturated carbocycles. The lowest BCUT2D eigenvalue weighted by molar-refractivity contribution is 0.254. The molecule has 2 amide bonds. The van der Waals surface area contributed by atoms with Crippen LogP contribution in [-0.2, 0) is 6.61 Å². The highest BCUT2D eigenvalue weighted by Crippen LogP contribution is 2.40. The van der Waals surface area contributed by atoms with E-state index < -0.39 is 0 Å². The first-order valence-electron chi connectivity index (χ1n) is 9.41. The molecule has 2 aliphatic heterocycles. The molecule has 1 saturated heterocycles. The SMILES string of the molecule is O=C(Nc1cnccn1)N1c2nc(-c3ccc(CO)nc3)ccc2N2CC[C@H]1C2. The van der Waals surface area contributed by atoms with Gasteiger partial charge in [-0.1, -0.05) is 0 Å². The van der Waals surface area contributed by atoms with E-state index in [2.05, 4.69) is 25.2 Å². The largest absolute Gasteiger partial charge is 0.390 e. The monoisotopic (exact) mass is 389 g/mol. The topological polar surface area (TPSA) is 107 Å². The fraction of sp³-hybridized carbons (Fsp3) is 0.250. The van der Waals surface area contributed by atoms with Crippen LogP contribution in [0.3, 0.4) is 0 Å². The van der Waals surface area contributed by atoms with Crippen molar-refractivity contribution in [2.24, 2.45) is 0 Å². The number of carbonyl (C=O) groups excluding carboxylic acids is 1. The maximum absolute atomic E-state index is 13.1. The van der Waals surface area contributed by atoms with E-state index in [0.29, 0.717) is 17.3 Å². The van der Waals surface area contributed by atoms with Gasteiger partial charge in [-0.15, -0.1) is 0 Å². The number of pyridine rings is 2. The van der Waals surface area contributed by atoms with Crippen molar-refractivity contribution in [1.82, 2.24) is 19.9 Å². The Morgan fingerprint density at radius 3 is 2.86 bits per heavy atom. The van der Waals surface area contributed by atoms with Crippen LogP contribution in [0.1, 0.15) is 12.1 Å². The Labute approximate surface area is 167 Å². The first-order chi connectivity index (χ1) is 14.2. The number of amides is 2. The van der Waals surface area contributed by atoms with Crippen LogP contribution < -0.4 is 15.1 Å². The number of hydrogen-bond donors (Lipinski definition) is 2. The number of anilines is 3. The molecule has 0 spiro atoms. The van der Waals surface area contributed by atoms with Crippen molar-refractivity contribution in [3.8, 4) is 11.3 Å². The first-order valence-corrected chi connectivity index (χ1v) is 9.41. The number of aliphatic hydroxyl groups excluding tert-OH is 1. The highest BCUT2D eigenvalue weighted by atomic mass is 16.3. The van der Waals surface area contributed by atoms with Crippen molar-refractivity contribution in [2.45, 2.75) is 19.1 Å². The van der Waals surface area contributed by atoms with Crippen molar-refractivity contribution in [1.29, 1.82) is 0 Å². The third-order valence-electron chi connectivity index (χ3n) is 5.25. The van der Waals surface area contributed by atoms with Gasteiger partial charge in [0.25, 0.3) is 0 Å². The molecule has 2 bridgehead atoms. The Bertz CT molecular complexity index is 1040. The Balaban J connectivity index is 1.51. The second kappa shape index (κ2) is 7.10. The molecular weight excluding hydrogens is 370 g/mol. The van der Waals surface area contributed by atoms with Crippen LogP contribution in [0.25, 0.3) is 11.3 Å². The summed E-state index contributed by atoms with van der Waals surface area (Å²) in [5.74, 6) is 1.03. The van der Waals surface area contributed by atoms with Crippen LogP contribution in [0, 0.1) is 0 Å². The smallest absolute Gasteiger partial charge is 0.329 e. The molecule has 9 heteroatoms. The highest BCUT2D eigenvalue weighted by molar-refractivity contribution is 6.04. The second-order valence-corrected chi connectivity index (χ2v) is 7.01. The van der Waals surface area contributed by atoms with Crippen molar-refractivity contribution >= 4 is 23.4 Å². The minimum atomic E-state index is -0.267. The zero-order chi connectivity index (χ0) is 19.8. The molecule has 0 aromatic carbocycles. The minimum absolute atomic E-state index is 0.0526. The Morgan fingerprint density at radius 1 is 1.17 bits per heavy atom. The van der Waals surface area contributed by atoms with Crippen molar-refractivity contribution in [3.63, 3.8) is 0 Å². The molecular formula is C20H19N7O2. The van der Waals surface area contributed by atoms with E-state index in [-0.39, 0.29) is 18.7 Å². The van der Waals surface area contributed by atoms with E-state index in [1.165, 1.54) is 12.4 Å². The van der Waals surface area contributed by atoms with Gasteiger partial charge in [-0.25, -0.2) is 14.8 Å². The zero-order valence-corrected chi connectivity index (χ0v) is 15.6. The summed E-state index contributed by atoms with van der Waals surface area (Å²) >= 11 is 0. The van der Waals surface area contributed by atoms with Crippen LogP contribution in [0.4, 0.5) is 22.1 Å². The zero-order valence-electron chi connectivity index (χ0n) is 15.6. The molecule has 0 aliphatic carbocycles. The van der Waals surface area contributed by atoms with E-state index in [4.69, 9.17) is 4.98 Å². The molecule has 1 atom stereocenters. The van der Waals surface area contributed by atoms with E-state index in [1.54, 1.807) is 23.4 Å². The van der Waals surface area contributed by atoms with Gasteiger partial charge in [-0.3, -0.25) is 20.2 Å². The summed E-state index contributed by atoms with van der Waals surface area (Å²) in [4.78, 5) is 34.3. The van der Waals surface area contributed by atoms with Crippen LogP contribution in [0.5, 0.6) is 0 Å². The number of aliphatic hydroxyl groups is 1. The maximum Gasteiger partial charge on any atom is 0.329 e. The third kappa shape index (κ3) is 3.15. The van der Waals surface area contributed by atoms with Gasteiger partial charge in [0.05, 0.1) is 35.9 Å². The predicted octanol–water partition coefficient (Wildman–Crippen LogP) is 2.06. The number of aromatic nitrogens is 4. The fourth-order valence-electron chi connectivity index (χ4n) is 3.84. The van der Waals surface area contributed by atoms with E-state index in [1.807, 2.05) is 18.2 Å². The normalized spacial score (nSPS) is 17.2. The summed E-state index contributed by atoms with van der Waals surface area (Å²) in [5.41, 5.74) is 3.09. The maximum atomic E-state index is 13.1. The lowest BCUT2D eigenvalue weighted by Gasteiger charge is -2.35. The fourth-order valence-corrected chi connectivity index (χ4v) is 3.84. The first kappa shape index (κ1) is 17.5. The van der Waals surface area contributed by atoms with Gasteiger partial charge in [0.2, 0.25) is 0 Å². The number of nitrogens with zero attached hydrogens (tertiary/aromatic N) is 6. The van der Waals surface area contributed by atoms with Gasteiger partial charge in [-0.2, -0.15) is 0 Å². The Kier molecular flexibility index (Phi) is 4.28. The molecule has 0 unspecified atom stereocenters. The predicted molar refractivity (Wildman–Crippen MR) is 108 cm³/mol. The number of rotatable bonds is 3. The van der Waals surface area contributed by atoms with E-state index >= 15 is 0 Å². The van der Waals surface area contributed by atoms with Crippen LogP contribution in [-0.4, -0.2) is 50.2 Å². The van der Waals surface area contributed by atoms with Gasteiger partial charge in [0.1, 0.15) is 0 Å². The molecule has 9 nitrogen and oxygen atoms in total. The van der Waals surface area contributed by atoms with Crippen LogP contribution in [0.2, 0.25) is 0 Å². The average Bonchev–Trinajstić information content (AvgIpc) is 3.18. The molecule has 2 N–H and O–H groups in total. The second-order valence-electron chi connectivity index (χ2n) is 7.01. The molecule has 146 valence electrons. The van der Waals surface area contributed by atoms with Gasteiger partial charge in [0, 0.05) is 37.2 Å². The molecule has 3 aromatic heterocycles. The third-order valence-corrected chi connectivity index (χ3v) is 5.25. The summed E-state index contributed by atoms with van der Waals surface area (Å²) in [6, 6.07) is 7.36.